The van der Waals surface area contributed by atoms with Gasteiger partial charge in [-0.15, -0.1) is 0 Å². The first kappa shape index (κ1) is 14.8. The molecule has 0 aliphatic carbocycles. The van der Waals surface area contributed by atoms with Crippen molar-refractivity contribution in [1.82, 2.24) is 9.97 Å². The van der Waals surface area contributed by atoms with Gasteiger partial charge in [-0.25, -0.2) is 9.78 Å². The summed E-state index contributed by atoms with van der Waals surface area (Å²) in [5.41, 5.74) is 7.53. The van der Waals surface area contributed by atoms with Crippen molar-refractivity contribution < 1.29 is 9.53 Å². The minimum Gasteiger partial charge on any atom is -0.465 e. The van der Waals surface area contributed by atoms with E-state index in [0.29, 0.717) is 23.6 Å². The molecule has 6 nitrogen and oxygen atoms in total. The molecule has 0 spiro atoms. The number of aromatic nitrogens is 2. The van der Waals surface area contributed by atoms with Crippen LogP contribution < -0.4 is 10.6 Å². The number of nitrogens with two attached hydrogens (primary N) is 1. The summed E-state index contributed by atoms with van der Waals surface area (Å²) in [6.45, 7) is 3.45. The molecule has 0 aromatic carbocycles. The molecule has 0 bridgehead atoms. The highest BCUT2D eigenvalue weighted by Crippen LogP contribution is 2.20. The van der Waals surface area contributed by atoms with Crippen LogP contribution in [-0.2, 0) is 11.3 Å². The van der Waals surface area contributed by atoms with Gasteiger partial charge in [0.2, 0.25) is 0 Å². The third kappa shape index (κ3) is 3.47. The van der Waals surface area contributed by atoms with Crippen LogP contribution in [0.25, 0.3) is 0 Å². The number of carbonyl (C=O) groups excluding carboxylic acids is 1. The van der Waals surface area contributed by atoms with E-state index in [-0.39, 0.29) is 0 Å². The number of hydrogen-bond acceptors (Lipinski definition) is 6. The summed E-state index contributed by atoms with van der Waals surface area (Å²) in [6.07, 6.45) is 4.98. The molecule has 21 heavy (non-hydrogen) atoms. The summed E-state index contributed by atoms with van der Waals surface area (Å²) in [6, 6.07) is 5.55. The topological polar surface area (TPSA) is 81.3 Å². The molecular formula is C15H18N4O2. The van der Waals surface area contributed by atoms with Crippen molar-refractivity contribution in [2.24, 2.45) is 0 Å². The van der Waals surface area contributed by atoms with Crippen LogP contribution in [-0.4, -0.2) is 29.6 Å². The first-order valence-corrected chi connectivity index (χ1v) is 6.63. The standard InChI is InChI=1S/C15H18N4O2/c1-3-19(10-11-4-6-17-7-5-11)14-8-12(15(20)21-2)13(16)9-18-14/h4-9H,3,10,16H2,1-2H3. The number of esters is 1. The highest BCUT2D eigenvalue weighted by Gasteiger charge is 2.14. The van der Waals surface area contributed by atoms with Gasteiger partial charge in [-0.2, -0.15) is 0 Å². The molecule has 0 radical (unpaired) electrons. The van der Waals surface area contributed by atoms with Gasteiger partial charge in [-0.3, -0.25) is 4.98 Å². The van der Waals surface area contributed by atoms with Crippen molar-refractivity contribution >= 4 is 17.5 Å². The maximum Gasteiger partial charge on any atom is 0.340 e. The molecule has 2 rings (SSSR count). The van der Waals surface area contributed by atoms with Gasteiger partial charge < -0.3 is 15.4 Å². The predicted octanol–water partition coefficient (Wildman–Crippen LogP) is 1.87. The second-order valence-electron chi connectivity index (χ2n) is 4.49. The molecule has 2 aromatic rings. The minimum atomic E-state index is -0.462. The Morgan fingerprint density at radius 1 is 1.38 bits per heavy atom. The van der Waals surface area contributed by atoms with Crippen LogP contribution in [0.15, 0.2) is 36.8 Å². The fourth-order valence-corrected chi connectivity index (χ4v) is 1.98. The highest BCUT2D eigenvalue weighted by atomic mass is 16.5. The number of methoxy groups -OCH3 is 1. The predicted molar refractivity (Wildman–Crippen MR) is 80.9 cm³/mol. The van der Waals surface area contributed by atoms with E-state index in [1.54, 1.807) is 18.5 Å². The minimum absolute atomic E-state index is 0.311. The zero-order valence-electron chi connectivity index (χ0n) is 12.1. The molecule has 0 saturated heterocycles. The number of pyridine rings is 2. The van der Waals surface area contributed by atoms with Gasteiger partial charge in [0.1, 0.15) is 5.82 Å². The Balaban J connectivity index is 2.28. The molecule has 2 heterocycles. The summed E-state index contributed by atoms with van der Waals surface area (Å²) < 4.78 is 4.73. The van der Waals surface area contributed by atoms with Crippen LogP contribution in [0.1, 0.15) is 22.8 Å². The third-order valence-electron chi connectivity index (χ3n) is 3.15. The van der Waals surface area contributed by atoms with E-state index < -0.39 is 5.97 Å². The second kappa shape index (κ2) is 6.69. The van der Waals surface area contributed by atoms with Crippen molar-refractivity contribution in [3.8, 4) is 0 Å². The maximum absolute atomic E-state index is 11.7. The monoisotopic (exact) mass is 286 g/mol. The normalized spacial score (nSPS) is 10.2. The molecule has 0 aliphatic heterocycles. The van der Waals surface area contributed by atoms with Gasteiger partial charge in [0, 0.05) is 25.5 Å². The van der Waals surface area contributed by atoms with Gasteiger partial charge in [0.05, 0.1) is 24.6 Å². The van der Waals surface area contributed by atoms with Gasteiger partial charge in [-0.05, 0) is 30.7 Å². The van der Waals surface area contributed by atoms with E-state index >= 15 is 0 Å². The number of hydrogen-bond donors (Lipinski definition) is 1. The number of anilines is 2. The number of ether oxygens (including phenoxy) is 1. The van der Waals surface area contributed by atoms with E-state index in [0.717, 1.165) is 12.1 Å². The van der Waals surface area contributed by atoms with Crippen LogP contribution in [0.3, 0.4) is 0 Å². The lowest BCUT2D eigenvalue weighted by molar-refractivity contribution is 0.0602. The Kier molecular flexibility index (Phi) is 4.71. The largest absolute Gasteiger partial charge is 0.465 e. The van der Waals surface area contributed by atoms with Crippen LogP contribution in [0.2, 0.25) is 0 Å². The fraction of sp³-hybridized carbons (Fsp3) is 0.267. The van der Waals surface area contributed by atoms with Gasteiger partial charge >= 0.3 is 5.97 Å². The molecule has 0 amide bonds. The van der Waals surface area contributed by atoms with Gasteiger partial charge in [0.15, 0.2) is 0 Å². The molecule has 0 aliphatic rings. The fourth-order valence-electron chi connectivity index (χ4n) is 1.98. The highest BCUT2D eigenvalue weighted by molar-refractivity contribution is 5.95. The van der Waals surface area contributed by atoms with Crippen molar-refractivity contribution in [1.29, 1.82) is 0 Å². The van der Waals surface area contributed by atoms with Crippen LogP contribution in [0.5, 0.6) is 0 Å². The van der Waals surface area contributed by atoms with Crippen molar-refractivity contribution in [3.05, 3.63) is 47.9 Å². The van der Waals surface area contributed by atoms with Crippen molar-refractivity contribution in [2.75, 3.05) is 24.3 Å². The summed E-state index contributed by atoms with van der Waals surface area (Å²) in [5.74, 6) is 0.222. The molecule has 0 fully saturated rings. The van der Waals surface area contributed by atoms with E-state index in [2.05, 4.69) is 9.97 Å². The Morgan fingerprint density at radius 3 is 2.71 bits per heavy atom. The van der Waals surface area contributed by atoms with E-state index in [4.69, 9.17) is 10.5 Å². The summed E-state index contributed by atoms with van der Waals surface area (Å²) in [5, 5.41) is 0. The number of rotatable bonds is 5. The number of carbonyl (C=O) groups is 1. The molecule has 2 aromatic heterocycles. The summed E-state index contributed by atoms with van der Waals surface area (Å²) in [4.78, 5) is 22.0. The quantitative estimate of drug-likeness (QED) is 0.845. The zero-order chi connectivity index (χ0) is 15.2. The van der Waals surface area contributed by atoms with Crippen molar-refractivity contribution in [2.45, 2.75) is 13.5 Å². The van der Waals surface area contributed by atoms with Crippen LogP contribution in [0.4, 0.5) is 11.5 Å². The van der Waals surface area contributed by atoms with E-state index in [1.807, 2.05) is 24.0 Å². The Hall–Kier alpha value is -2.63. The molecule has 6 heteroatoms. The Bertz CT molecular complexity index is 616. The van der Waals surface area contributed by atoms with Gasteiger partial charge in [-0.1, -0.05) is 0 Å². The van der Waals surface area contributed by atoms with Crippen LogP contribution >= 0.6 is 0 Å². The average Bonchev–Trinajstić information content (AvgIpc) is 2.53. The maximum atomic E-state index is 11.7. The zero-order valence-corrected chi connectivity index (χ0v) is 12.1. The SMILES string of the molecule is CCN(Cc1ccncc1)c1cc(C(=O)OC)c(N)cn1. The molecule has 0 atom stereocenters. The third-order valence-corrected chi connectivity index (χ3v) is 3.15. The number of nitrogen functional groups attached to an aromatic ring is 1. The molecular weight excluding hydrogens is 268 g/mol. The van der Waals surface area contributed by atoms with E-state index in [1.165, 1.54) is 13.3 Å². The first-order chi connectivity index (χ1) is 10.2. The molecule has 110 valence electrons. The average molecular weight is 286 g/mol. The second-order valence-corrected chi connectivity index (χ2v) is 4.49. The summed E-state index contributed by atoms with van der Waals surface area (Å²) >= 11 is 0. The molecule has 2 N–H and O–H groups in total. The lowest BCUT2D eigenvalue weighted by Crippen LogP contribution is -2.23. The van der Waals surface area contributed by atoms with Crippen molar-refractivity contribution in [3.63, 3.8) is 0 Å². The summed E-state index contributed by atoms with van der Waals surface area (Å²) in [7, 11) is 1.33. The Labute approximate surface area is 123 Å². The van der Waals surface area contributed by atoms with Crippen LogP contribution in [0, 0.1) is 0 Å². The molecule has 0 unspecified atom stereocenters. The lowest BCUT2D eigenvalue weighted by Gasteiger charge is -2.22. The van der Waals surface area contributed by atoms with Gasteiger partial charge in [0.25, 0.3) is 0 Å². The molecule has 0 saturated carbocycles. The van der Waals surface area contributed by atoms with E-state index in [9.17, 15) is 4.79 Å². The Morgan fingerprint density at radius 2 is 2.10 bits per heavy atom. The first-order valence-electron chi connectivity index (χ1n) is 6.63. The number of nitrogens with zero attached hydrogens (tertiary/aromatic N) is 3. The smallest absolute Gasteiger partial charge is 0.340 e. The lowest BCUT2D eigenvalue weighted by atomic mass is 10.2.